The minimum atomic E-state index is -0.271. The predicted molar refractivity (Wildman–Crippen MR) is 55.1 cm³/mol. The number of carbonyl (C=O) groups excluding carboxylic acids is 1. The van der Waals surface area contributed by atoms with Gasteiger partial charge in [0, 0.05) is 5.92 Å². The van der Waals surface area contributed by atoms with Gasteiger partial charge < -0.3 is 10.5 Å². The van der Waals surface area contributed by atoms with Gasteiger partial charge in [0.15, 0.2) is 0 Å². The van der Waals surface area contributed by atoms with Gasteiger partial charge in [0.25, 0.3) is 0 Å². The van der Waals surface area contributed by atoms with Crippen molar-refractivity contribution in [2.45, 2.75) is 13.3 Å². The summed E-state index contributed by atoms with van der Waals surface area (Å²) in [6.07, 6.45) is 0.659. The highest BCUT2D eigenvalue weighted by Gasteiger charge is 2.09. The number of rotatable bonds is 4. The van der Waals surface area contributed by atoms with Crippen LogP contribution in [0, 0.1) is 5.92 Å². The van der Waals surface area contributed by atoms with E-state index in [1.807, 2.05) is 31.2 Å². The summed E-state index contributed by atoms with van der Waals surface area (Å²) in [5.41, 5.74) is 6.25. The number of amides is 1. The summed E-state index contributed by atoms with van der Waals surface area (Å²) < 4.78 is 5.08. The molecule has 0 fully saturated rings. The quantitative estimate of drug-likeness (QED) is 0.785. The van der Waals surface area contributed by atoms with Crippen LogP contribution >= 0.6 is 0 Å². The van der Waals surface area contributed by atoms with Crippen molar-refractivity contribution in [3.05, 3.63) is 29.8 Å². The second kappa shape index (κ2) is 4.65. The van der Waals surface area contributed by atoms with Crippen LogP contribution in [0.15, 0.2) is 24.3 Å². The molecule has 2 N–H and O–H groups in total. The normalized spacial score (nSPS) is 12.1. The molecule has 0 unspecified atom stereocenters. The molecule has 0 radical (unpaired) electrons. The van der Waals surface area contributed by atoms with E-state index in [1.54, 1.807) is 7.11 Å². The van der Waals surface area contributed by atoms with Crippen molar-refractivity contribution in [1.82, 2.24) is 0 Å². The molecule has 1 atom stereocenters. The first-order valence-corrected chi connectivity index (χ1v) is 4.55. The molecule has 1 amide bonds. The molecule has 0 spiro atoms. The topological polar surface area (TPSA) is 52.3 Å². The molecule has 1 aromatic carbocycles. The minimum absolute atomic E-state index is 0.137. The van der Waals surface area contributed by atoms with E-state index in [-0.39, 0.29) is 11.8 Å². The van der Waals surface area contributed by atoms with E-state index in [9.17, 15) is 4.79 Å². The van der Waals surface area contributed by atoms with Crippen LogP contribution in [0.25, 0.3) is 0 Å². The average Bonchev–Trinajstić information content (AvgIpc) is 2.18. The summed E-state index contributed by atoms with van der Waals surface area (Å²) in [5.74, 6) is 0.397. The average molecular weight is 193 g/mol. The van der Waals surface area contributed by atoms with Gasteiger partial charge in [-0.2, -0.15) is 0 Å². The lowest BCUT2D eigenvalue weighted by Crippen LogP contribution is -2.22. The fourth-order valence-corrected chi connectivity index (χ4v) is 1.25. The maximum atomic E-state index is 10.8. The third-order valence-corrected chi connectivity index (χ3v) is 2.16. The van der Waals surface area contributed by atoms with Crippen LogP contribution < -0.4 is 10.5 Å². The van der Waals surface area contributed by atoms with Crippen LogP contribution in [0.1, 0.15) is 12.5 Å². The van der Waals surface area contributed by atoms with Crippen molar-refractivity contribution in [3.63, 3.8) is 0 Å². The van der Waals surface area contributed by atoms with E-state index >= 15 is 0 Å². The first kappa shape index (κ1) is 10.6. The molecule has 0 aromatic heterocycles. The zero-order valence-corrected chi connectivity index (χ0v) is 8.49. The molecule has 0 aliphatic rings. The number of carbonyl (C=O) groups is 1. The molecule has 3 heteroatoms. The first-order chi connectivity index (χ1) is 6.63. The standard InChI is InChI=1S/C11H15NO2/c1-8(11(12)13)6-9-4-3-5-10(7-9)14-2/h3-5,7-8H,6H2,1-2H3,(H2,12,13)/t8-/m0/s1. The molecule has 0 saturated heterocycles. The first-order valence-electron chi connectivity index (χ1n) is 4.55. The fourth-order valence-electron chi connectivity index (χ4n) is 1.25. The molecule has 1 aromatic rings. The third kappa shape index (κ3) is 2.76. The molecule has 1 rings (SSSR count). The Balaban J connectivity index is 2.71. The highest BCUT2D eigenvalue weighted by Crippen LogP contribution is 2.15. The Morgan fingerprint density at radius 1 is 1.57 bits per heavy atom. The minimum Gasteiger partial charge on any atom is -0.497 e. The van der Waals surface area contributed by atoms with Crippen LogP contribution in [-0.4, -0.2) is 13.0 Å². The number of benzene rings is 1. The lowest BCUT2D eigenvalue weighted by atomic mass is 10.0. The SMILES string of the molecule is COc1cccc(C[C@H](C)C(N)=O)c1. The lowest BCUT2D eigenvalue weighted by molar-refractivity contribution is -0.121. The third-order valence-electron chi connectivity index (χ3n) is 2.16. The summed E-state index contributed by atoms with van der Waals surface area (Å²) in [7, 11) is 1.62. The molecule has 14 heavy (non-hydrogen) atoms. The zero-order chi connectivity index (χ0) is 10.6. The van der Waals surface area contributed by atoms with Crippen molar-refractivity contribution in [2.75, 3.05) is 7.11 Å². The van der Waals surface area contributed by atoms with Crippen molar-refractivity contribution in [3.8, 4) is 5.75 Å². The van der Waals surface area contributed by atoms with Gasteiger partial charge in [-0.1, -0.05) is 19.1 Å². The number of nitrogens with two attached hydrogens (primary N) is 1. The largest absolute Gasteiger partial charge is 0.497 e. The number of methoxy groups -OCH3 is 1. The van der Waals surface area contributed by atoms with Crippen molar-refractivity contribution < 1.29 is 9.53 Å². The van der Waals surface area contributed by atoms with Crippen LogP contribution in [0.3, 0.4) is 0 Å². The number of hydrogen-bond acceptors (Lipinski definition) is 2. The summed E-state index contributed by atoms with van der Waals surface area (Å²) >= 11 is 0. The van der Waals surface area contributed by atoms with Gasteiger partial charge in [-0.3, -0.25) is 4.79 Å². The molecule has 76 valence electrons. The van der Waals surface area contributed by atoms with Crippen LogP contribution in [0.4, 0.5) is 0 Å². The monoisotopic (exact) mass is 193 g/mol. The number of primary amides is 1. The van der Waals surface area contributed by atoms with E-state index in [0.29, 0.717) is 6.42 Å². The Labute approximate surface area is 83.9 Å². The maximum Gasteiger partial charge on any atom is 0.220 e. The van der Waals surface area contributed by atoms with Crippen molar-refractivity contribution in [1.29, 1.82) is 0 Å². The summed E-state index contributed by atoms with van der Waals surface area (Å²) in [6.45, 7) is 1.82. The van der Waals surface area contributed by atoms with Crippen molar-refractivity contribution in [2.24, 2.45) is 11.7 Å². The van der Waals surface area contributed by atoms with E-state index < -0.39 is 0 Å². The van der Waals surface area contributed by atoms with Crippen LogP contribution in [-0.2, 0) is 11.2 Å². The molecular weight excluding hydrogens is 178 g/mol. The zero-order valence-electron chi connectivity index (χ0n) is 8.49. The Morgan fingerprint density at radius 3 is 2.86 bits per heavy atom. The Hall–Kier alpha value is -1.51. The van der Waals surface area contributed by atoms with E-state index in [4.69, 9.17) is 10.5 Å². The Bertz CT molecular complexity index is 323. The van der Waals surface area contributed by atoms with E-state index in [0.717, 1.165) is 11.3 Å². The molecule has 0 bridgehead atoms. The Morgan fingerprint density at radius 2 is 2.29 bits per heavy atom. The van der Waals surface area contributed by atoms with E-state index in [2.05, 4.69) is 0 Å². The van der Waals surface area contributed by atoms with Crippen LogP contribution in [0.2, 0.25) is 0 Å². The molecule has 0 saturated carbocycles. The smallest absolute Gasteiger partial charge is 0.220 e. The predicted octanol–water partition coefficient (Wildman–Crippen LogP) is 1.36. The van der Waals surface area contributed by atoms with Gasteiger partial charge in [0.2, 0.25) is 5.91 Å². The highest BCUT2D eigenvalue weighted by molar-refractivity contribution is 5.76. The molecule has 0 aliphatic carbocycles. The molecule has 3 nitrogen and oxygen atoms in total. The summed E-state index contributed by atoms with van der Waals surface area (Å²) in [5, 5.41) is 0. The number of hydrogen-bond donors (Lipinski definition) is 1. The van der Waals surface area contributed by atoms with Gasteiger partial charge in [0.05, 0.1) is 7.11 Å². The van der Waals surface area contributed by atoms with Gasteiger partial charge in [0.1, 0.15) is 5.75 Å². The molecule has 0 aliphatic heterocycles. The second-order valence-corrected chi connectivity index (χ2v) is 3.36. The van der Waals surface area contributed by atoms with Gasteiger partial charge in [-0.05, 0) is 24.1 Å². The van der Waals surface area contributed by atoms with E-state index in [1.165, 1.54) is 0 Å². The van der Waals surface area contributed by atoms with Gasteiger partial charge in [-0.15, -0.1) is 0 Å². The summed E-state index contributed by atoms with van der Waals surface area (Å²) in [6, 6.07) is 7.65. The Kier molecular flexibility index (Phi) is 3.51. The highest BCUT2D eigenvalue weighted by atomic mass is 16.5. The van der Waals surface area contributed by atoms with Crippen molar-refractivity contribution >= 4 is 5.91 Å². The maximum absolute atomic E-state index is 10.8. The molecule has 0 heterocycles. The van der Waals surface area contributed by atoms with Crippen LogP contribution in [0.5, 0.6) is 5.75 Å². The van der Waals surface area contributed by atoms with Gasteiger partial charge >= 0.3 is 0 Å². The van der Waals surface area contributed by atoms with Gasteiger partial charge in [-0.25, -0.2) is 0 Å². The lowest BCUT2D eigenvalue weighted by Gasteiger charge is -2.08. The second-order valence-electron chi connectivity index (χ2n) is 3.36. The fraction of sp³-hybridized carbons (Fsp3) is 0.364. The number of ether oxygens (including phenoxy) is 1. The summed E-state index contributed by atoms with van der Waals surface area (Å²) in [4.78, 5) is 10.8. The molecular formula is C11H15NO2.